The summed E-state index contributed by atoms with van der Waals surface area (Å²) in [5, 5.41) is 9.07. The van der Waals surface area contributed by atoms with Crippen molar-refractivity contribution in [2.24, 2.45) is 0 Å². The number of aryl methyl sites for hydroxylation is 3. The average Bonchev–Trinajstić information content (AvgIpc) is 2.58. The Hall–Kier alpha value is -2.10. The van der Waals surface area contributed by atoms with E-state index >= 15 is 0 Å². The van der Waals surface area contributed by atoms with Crippen LogP contribution in [0.3, 0.4) is 0 Å². The minimum atomic E-state index is -0.929. The van der Waals surface area contributed by atoms with E-state index in [0.717, 1.165) is 11.1 Å². The lowest BCUT2D eigenvalue weighted by atomic mass is 10.0. The number of oxazole rings is 1. The molecule has 2 aromatic rings. The van der Waals surface area contributed by atoms with Crippen molar-refractivity contribution < 1.29 is 14.3 Å². The monoisotopic (exact) mass is 231 g/mol. The van der Waals surface area contributed by atoms with Crippen LogP contribution in [0.4, 0.5) is 0 Å². The van der Waals surface area contributed by atoms with E-state index in [4.69, 9.17) is 9.52 Å². The number of hydrogen-bond donors (Lipinski definition) is 1. The smallest absolute Gasteiger partial charge is 0.335 e. The Labute approximate surface area is 98.9 Å². The summed E-state index contributed by atoms with van der Waals surface area (Å²) < 4.78 is 5.34. The van der Waals surface area contributed by atoms with E-state index in [1.165, 1.54) is 0 Å². The number of carboxylic acid groups (broad SMARTS) is 1. The molecule has 4 nitrogen and oxygen atoms in total. The fourth-order valence-electron chi connectivity index (χ4n) is 1.80. The normalized spacial score (nSPS) is 10.5. The van der Waals surface area contributed by atoms with E-state index in [1.807, 2.05) is 13.0 Å². The zero-order valence-electron chi connectivity index (χ0n) is 9.94. The second-order valence-electron chi connectivity index (χ2n) is 3.97. The molecule has 2 rings (SSSR count). The highest BCUT2D eigenvalue weighted by atomic mass is 16.4. The molecule has 0 aliphatic carbocycles. The van der Waals surface area contributed by atoms with Crippen LogP contribution in [0.1, 0.15) is 27.6 Å². The number of nitrogens with zero attached hydrogens (tertiary/aromatic N) is 1. The van der Waals surface area contributed by atoms with Gasteiger partial charge in [0, 0.05) is 12.5 Å². The van der Waals surface area contributed by atoms with Crippen LogP contribution >= 0.6 is 0 Å². The van der Waals surface area contributed by atoms with Crippen molar-refractivity contribution in [3.63, 3.8) is 0 Å². The van der Waals surface area contributed by atoms with Gasteiger partial charge in [-0.05, 0) is 25.5 Å². The quantitative estimate of drug-likeness (QED) is 0.863. The first kappa shape index (κ1) is 11.4. The van der Waals surface area contributed by atoms with Crippen LogP contribution in [-0.4, -0.2) is 16.1 Å². The number of carboxylic acids is 1. The van der Waals surface area contributed by atoms with Crippen molar-refractivity contribution in [2.45, 2.75) is 20.8 Å². The molecule has 0 aliphatic rings. The van der Waals surface area contributed by atoms with E-state index in [9.17, 15) is 4.79 Å². The van der Waals surface area contributed by atoms with Crippen molar-refractivity contribution in [1.29, 1.82) is 0 Å². The molecule has 0 radical (unpaired) electrons. The molecule has 1 N–H and O–H groups in total. The van der Waals surface area contributed by atoms with Crippen molar-refractivity contribution in [2.75, 3.05) is 0 Å². The minimum Gasteiger partial charge on any atom is -0.478 e. The molecule has 0 fully saturated rings. The molecule has 0 saturated carbocycles. The second-order valence-corrected chi connectivity index (χ2v) is 3.97. The van der Waals surface area contributed by atoms with E-state index in [1.54, 1.807) is 26.0 Å². The van der Waals surface area contributed by atoms with Gasteiger partial charge in [-0.25, -0.2) is 9.78 Å². The third-order valence-corrected chi connectivity index (χ3v) is 2.64. The molecular weight excluding hydrogens is 218 g/mol. The minimum absolute atomic E-state index is 0.294. The molecule has 1 aromatic carbocycles. The summed E-state index contributed by atoms with van der Waals surface area (Å²) in [6, 6.07) is 5.26. The summed E-state index contributed by atoms with van der Waals surface area (Å²) >= 11 is 0. The number of aromatic carboxylic acids is 1. The lowest BCUT2D eigenvalue weighted by Gasteiger charge is -2.03. The number of aromatic nitrogens is 1. The first-order valence-corrected chi connectivity index (χ1v) is 5.27. The predicted molar refractivity (Wildman–Crippen MR) is 63.1 cm³/mol. The van der Waals surface area contributed by atoms with Crippen LogP contribution < -0.4 is 0 Å². The lowest BCUT2D eigenvalue weighted by Crippen LogP contribution is -2.00. The Balaban J connectivity index is 2.57. The topological polar surface area (TPSA) is 63.3 Å². The molecule has 0 atom stereocenters. The van der Waals surface area contributed by atoms with E-state index in [-0.39, 0.29) is 0 Å². The standard InChI is InChI=1S/C13H13NO3/c1-7-4-5-10(6-11(7)13(15)16)12-8(2)17-9(3)14-12/h4-6H,1-3H3,(H,15,16). The molecule has 0 unspecified atom stereocenters. The Morgan fingerprint density at radius 2 is 2.00 bits per heavy atom. The van der Waals surface area contributed by atoms with Gasteiger partial charge in [0.05, 0.1) is 5.56 Å². The first-order valence-electron chi connectivity index (χ1n) is 5.27. The SMILES string of the molecule is Cc1nc(-c2ccc(C)c(C(=O)O)c2)c(C)o1. The first-order chi connectivity index (χ1) is 7.99. The molecule has 0 amide bonds. The van der Waals surface area contributed by atoms with Crippen LogP contribution in [-0.2, 0) is 0 Å². The number of rotatable bonds is 2. The average molecular weight is 231 g/mol. The molecular formula is C13H13NO3. The molecule has 17 heavy (non-hydrogen) atoms. The highest BCUT2D eigenvalue weighted by Crippen LogP contribution is 2.25. The molecule has 0 bridgehead atoms. The van der Waals surface area contributed by atoms with Gasteiger partial charge in [-0.15, -0.1) is 0 Å². The summed E-state index contributed by atoms with van der Waals surface area (Å²) in [5.41, 5.74) is 2.49. The maximum atomic E-state index is 11.1. The second kappa shape index (κ2) is 4.05. The summed E-state index contributed by atoms with van der Waals surface area (Å²) in [6.07, 6.45) is 0. The van der Waals surface area contributed by atoms with Gasteiger partial charge in [-0.3, -0.25) is 0 Å². The third kappa shape index (κ3) is 2.06. The fraction of sp³-hybridized carbons (Fsp3) is 0.231. The van der Waals surface area contributed by atoms with Gasteiger partial charge in [0.1, 0.15) is 11.5 Å². The van der Waals surface area contributed by atoms with Crippen molar-refractivity contribution >= 4 is 5.97 Å². The van der Waals surface area contributed by atoms with Gasteiger partial charge in [0.25, 0.3) is 0 Å². The predicted octanol–water partition coefficient (Wildman–Crippen LogP) is 2.97. The molecule has 0 aliphatic heterocycles. The Morgan fingerprint density at radius 1 is 1.29 bits per heavy atom. The summed E-state index contributed by atoms with van der Waals surface area (Å²) in [4.78, 5) is 15.3. The Bertz CT molecular complexity index is 584. The third-order valence-electron chi connectivity index (χ3n) is 2.64. The summed E-state index contributed by atoms with van der Waals surface area (Å²) in [7, 11) is 0. The summed E-state index contributed by atoms with van der Waals surface area (Å²) in [6.45, 7) is 5.35. The van der Waals surface area contributed by atoms with Gasteiger partial charge in [0.15, 0.2) is 5.89 Å². The van der Waals surface area contributed by atoms with Crippen molar-refractivity contribution in [1.82, 2.24) is 4.98 Å². The highest BCUT2D eigenvalue weighted by Gasteiger charge is 2.13. The highest BCUT2D eigenvalue weighted by molar-refractivity contribution is 5.91. The van der Waals surface area contributed by atoms with Gasteiger partial charge in [-0.1, -0.05) is 12.1 Å². The zero-order chi connectivity index (χ0) is 12.6. The van der Waals surface area contributed by atoms with E-state index in [0.29, 0.717) is 22.9 Å². The van der Waals surface area contributed by atoms with Gasteiger partial charge < -0.3 is 9.52 Å². The Morgan fingerprint density at radius 3 is 2.53 bits per heavy atom. The summed E-state index contributed by atoms with van der Waals surface area (Å²) in [5.74, 6) is 0.347. The maximum absolute atomic E-state index is 11.1. The molecule has 1 heterocycles. The zero-order valence-corrected chi connectivity index (χ0v) is 9.94. The van der Waals surface area contributed by atoms with E-state index in [2.05, 4.69) is 4.98 Å². The largest absolute Gasteiger partial charge is 0.478 e. The number of hydrogen-bond acceptors (Lipinski definition) is 3. The molecule has 4 heteroatoms. The molecule has 0 saturated heterocycles. The van der Waals surface area contributed by atoms with Crippen LogP contribution in [0.25, 0.3) is 11.3 Å². The molecule has 1 aromatic heterocycles. The Kier molecular flexibility index (Phi) is 2.71. The fourth-order valence-corrected chi connectivity index (χ4v) is 1.80. The maximum Gasteiger partial charge on any atom is 0.335 e. The van der Waals surface area contributed by atoms with Gasteiger partial charge in [-0.2, -0.15) is 0 Å². The molecule has 88 valence electrons. The van der Waals surface area contributed by atoms with Crippen LogP contribution in [0.5, 0.6) is 0 Å². The van der Waals surface area contributed by atoms with Crippen molar-refractivity contribution in [3.05, 3.63) is 41.0 Å². The van der Waals surface area contributed by atoms with Crippen molar-refractivity contribution in [3.8, 4) is 11.3 Å². The van der Waals surface area contributed by atoms with Crippen LogP contribution in [0.2, 0.25) is 0 Å². The number of benzene rings is 1. The van der Waals surface area contributed by atoms with E-state index < -0.39 is 5.97 Å². The molecule has 0 spiro atoms. The van der Waals surface area contributed by atoms with Gasteiger partial charge in [0.2, 0.25) is 0 Å². The van der Waals surface area contributed by atoms with Crippen LogP contribution in [0, 0.1) is 20.8 Å². The van der Waals surface area contributed by atoms with Gasteiger partial charge >= 0.3 is 5.97 Å². The lowest BCUT2D eigenvalue weighted by molar-refractivity contribution is 0.0696. The van der Waals surface area contributed by atoms with Crippen LogP contribution in [0.15, 0.2) is 22.6 Å². The number of carbonyl (C=O) groups is 1.